The van der Waals surface area contributed by atoms with Gasteiger partial charge in [-0.3, -0.25) is 0 Å². The van der Waals surface area contributed by atoms with Crippen LogP contribution in [0.2, 0.25) is 0 Å². The van der Waals surface area contributed by atoms with E-state index in [9.17, 15) is 17.2 Å². The molecule has 2 fully saturated rings. The summed E-state index contributed by atoms with van der Waals surface area (Å²) in [6.45, 7) is 55.6. The number of sulfonamides is 1. The molecule has 0 bridgehead atoms. The average molecular weight is 1140 g/mol. The Labute approximate surface area is 436 Å². The molecule has 0 aromatic heterocycles. The Morgan fingerprint density at radius 1 is 0.682 bits per heavy atom. The fourth-order valence-electron chi connectivity index (χ4n) is 3.49. The molecule has 0 unspecified atom stereocenters. The number of nitrogens with one attached hydrogen (secondary N) is 1. The SMILES string of the molecule is C.C.C.C=CC(C)C.CC(C)(C)C(C)(C)C.CC(C)C/C=C/C(F)(F)C(C)C.CC(C)NS(=O)(=O)C1(C)CC1.CC(C)O[C@@H]1CCC[C@H]1OC(C)C.CCC(C)C.CCC(C)C.[B].[CH3-].[CH3-].[W+2]. The molecule has 407 valence electrons. The van der Waals surface area contributed by atoms with Gasteiger partial charge in [0.15, 0.2) is 0 Å². The van der Waals surface area contributed by atoms with E-state index in [1.165, 1.54) is 33.1 Å². The van der Waals surface area contributed by atoms with Gasteiger partial charge in [0.1, 0.15) is 0 Å². The molecule has 5 nitrogen and oxygen atoms in total. The molecule has 0 aliphatic heterocycles. The van der Waals surface area contributed by atoms with Crippen molar-refractivity contribution in [3.05, 3.63) is 39.7 Å². The van der Waals surface area contributed by atoms with Crippen molar-refractivity contribution >= 4 is 18.4 Å². The first-order valence-corrected chi connectivity index (χ1v) is 24.9. The summed E-state index contributed by atoms with van der Waals surface area (Å²) in [6, 6.07) is 0.0115. The Morgan fingerprint density at radius 3 is 1.14 bits per heavy atom. The summed E-state index contributed by atoms with van der Waals surface area (Å²) in [7, 11) is -3.04. The number of halogens is 2. The fourth-order valence-corrected chi connectivity index (χ4v) is 5.03. The molecule has 2 aliphatic rings. The van der Waals surface area contributed by atoms with Crippen molar-refractivity contribution in [3.63, 3.8) is 0 Å². The van der Waals surface area contributed by atoms with Gasteiger partial charge in [0.05, 0.1) is 29.2 Å². The zero-order valence-corrected chi connectivity index (χ0v) is 50.9. The van der Waals surface area contributed by atoms with E-state index < -0.39 is 26.6 Å². The second-order valence-corrected chi connectivity index (χ2v) is 23.8. The van der Waals surface area contributed by atoms with Crippen molar-refractivity contribution in [3.8, 4) is 0 Å². The predicted molar refractivity (Wildman–Crippen MR) is 300 cm³/mol. The quantitative estimate of drug-likeness (QED) is 0.107. The Morgan fingerprint density at radius 2 is 0.970 bits per heavy atom. The molecule has 0 heterocycles. The van der Waals surface area contributed by atoms with E-state index in [2.05, 4.69) is 136 Å². The maximum atomic E-state index is 12.9. The molecule has 0 aromatic rings. The van der Waals surface area contributed by atoms with Crippen LogP contribution in [0, 0.1) is 55.3 Å². The number of ether oxygens (including phenoxy) is 2. The summed E-state index contributed by atoms with van der Waals surface area (Å²) in [4.78, 5) is 0. The first-order valence-electron chi connectivity index (χ1n) is 23.4. The zero-order valence-electron chi connectivity index (χ0n) is 47.2. The van der Waals surface area contributed by atoms with E-state index in [-0.39, 0.29) is 72.7 Å². The minimum Gasteiger partial charge on any atom is -0.373 e. The molecule has 2 saturated carbocycles. The van der Waals surface area contributed by atoms with Gasteiger partial charge in [-0.05, 0) is 128 Å². The second-order valence-electron chi connectivity index (χ2n) is 21.5. The molecule has 0 spiro atoms. The van der Waals surface area contributed by atoms with Crippen LogP contribution < -0.4 is 4.72 Å². The Bertz CT molecular complexity index is 1090. The third-order valence-electron chi connectivity index (χ3n) is 10.4. The minimum absolute atomic E-state index is 0. The van der Waals surface area contributed by atoms with Gasteiger partial charge < -0.3 is 24.3 Å². The Kier molecular flexibility index (Phi) is 70.3. The summed E-state index contributed by atoms with van der Waals surface area (Å²) in [5.74, 6) is -0.389. The van der Waals surface area contributed by atoms with Gasteiger partial charge in [-0.25, -0.2) is 21.9 Å². The standard InChI is InChI=1S/C11H22O2.C10H18F2.C8H18.C7H15NO2S.2C5H12.C5H10.3CH4.2CH3.B.W/c1-8(2)12-10-6-5-7-11(10)13-9(3)4;1-8(2)6-5-7-10(11,12)9(3)4;1-7(2,3)8(4,5)6;1-6(2)8-11(9,10)7(3)4-5-7;3*1-4-5(2)3;;;;;;;/h8-11H,5-7H2,1-4H3;5,7-9H,6H2,1-4H3;1-6H3;6,8H,4-5H2,1-3H3;2*5H,4H2,1-3H3;4-5H,1H2,2-3H3;3*1H4;2*1H3;;/q;;;;;;;;;;2*-1;;+2/b;7-5+;;;;;;;;;;;;/t10-,11-;;;;;;;;;;;;;/m1............./s1. The summed E-state index contributed by atoms with van der Waals surface area (Å²) >= 11 is 0. The van der Waals surface area contributed by atoms with Crippen molar-refractivity contribution in [2.24, 2.45) is 40.4 Å². The van der Waals surface area contributed by atoms with Crippen LogP contribution in [0.15, 0.2) is 24.8 Å². The number of rotatable bonds is 14. The van der Waals surface area contributed by atoms with Gasteiger partial charge in [-0.1, -0.05) is 172 Å². The molecular formula is C56H125BF2NO4SW. The molecule has 0 saturated heterocycles. The van der Waals surface area contributed by atoms with Crippen molar-refractivity contribution < 1.29 is 47.7 Å². The Balaban J connectivity index is -0.0000000522. The summed E-state index contributed by atoms with van der Waals surface area (Å²) in [6.07, 6.45) is 14.3. The third-order valence-corrected chi connectivity index (χ3v) is 12.8. The van der Waals surface area contributed by atoms with Gasteiger partial charge in [0, 0.05) is 20.4 Å². The molecule has 0 aromatic carbocycles. The summed E-state index contributed by atoms with van der Waals surface area (Å²) in [5.41, 5.74) is 0.875. The monoisotopic (exact) mass is 1140 g/mol. The van der Waals surface area contributed by atoms with Crippen molar-refractivity contribution in [2.45, 2.75) is 288 Å². The maximum absolute atomic E-state index is 12.9. The van der Waals surface area contributed by atoms with Crippen molar-refractivity contribution in [1.29, 1.82) is 0 Å². The van der Waals surface area contributed by atoms with E-state index in [4.69, 9.17) is 9.47 Å². The second kappa shape index (κ2) is 48.5. The molecule has 0 amide bonds. The van der Waals surface area contributed by atoms with E-state index in [1.807, 2.05) is 33.8 Å². The van der Waals surface area contributed by atoms with Gasteiger partial charge >= 0.3 is 21.1 Å². The van der Waals surface area contributed by atoms with E-state index in [1.54, 1.807) is 13.0 Å². The molecule has 2 rings (SSSR count). The molecule has 66 heavy (non-hydrogen) atoms. The summed E-state index contributed by atoms with van der Waals surface area (Å²) in [5, 5.41) is 0. The predicted octanol–water partition coefficient (Wildman–Crippen LogP) is 18.9. The Hall–Kier alpha value is -0.0768. The van der Waals surface area contributed by atoms with E-state index >= 15 is 0 Å². The smallest absolute Gasteiger partial charge is 0.373 e. The number of alkyl halides is 2. The van der Waals surface area contributed by atoms with Crippen LogP contribution in [0.4, 0.5) is 8.78 Å². The number of hydrogen-bond donors (Lipinski definition) is 1. The molecule has 3 radical (unpaired) electrons. The fraction of sp³-hybridized carbons (Fsp3) is 0.893. The van der Waals surface area contributed by atoms with Crippen LogP contribution in [-0.2, 0) is 40.6 Å². The molecule has 1 N–H and O–H groups in total. The van der Waals surface area contributed by atoms with Crippen LogP contribution in [0.3, 0.4) is 0 Å². The minimum atomic E-state index is -3.04. The summed E-state index contributed by atoms with van der Waals surface area (Å²) < 4.78 is 62.4. The van der Waals surface area contributed by atoms with Gasteiger partial charge in [0.25, 0.3) is 5.92 Å². The normalized spacial score (nSPS) is 15.7. The molecular weight excluding hydrogens is 1020 g/mol. The number of allylic oxidation sites excluding steroid dienone is 3. The first-order chi connectivity index (χ1) is 26.4. The van der Waals surface area contributed by atoms with Crippen LogP contribution >= 0.6 is 0 Å². The first kappa shape index (κ1) is 95.6. The third kappa shape index (κ3) is 60.0. The maximum Gasteiger partial charge on any atom is 2.00 e. The van der Waals surface area contributed by atoms with E-state index in [0.717, 1.165) is 50.0 Å². The van der Waals surface area contributed by atoms with Gasteiger partial charge in [-0.2, -0.15) is 0 Å². The van der Waals surface area contributed by atoms with Crippen molar-refractivity contribution in [1.82, 2.24) is 4.72 Å². The van der Waals surface area contributed by atoms with E-state index in [0.29, 0.717) is 47.1 Å². The zero-order chi connectivity index (χ0) is 48.2. The average Bonchev–Trinajstić information content (AvgIpc) is 3.69. The van der Waals surface area contributed by atoms with Gasteiger partial charge in [-0.15, -0.1) is 6.58 Å². The number of hydrogen-bond acceptors (Lipinski definition) is 4. The van der Waals surface area contributed by atoms with Crippen molar-refractivity contribution in [2.75, 3.05) is 0 Å². The molecule has 10 heteroatoms. The van der Waals surface area contributed by atoms with Crippen LogP contribution in [0.1, 0.15) is 247 Å². The largest absolute Gasteiger partial charge is 2.00 e. The van der Waals surface area contributed by atoms with Crippen LogP contribution in [0.25, 0.3) is 0 Å². The van der Waals surface area contributed by atoms with Crippen LogP contribution in [-0.4, -0.2) is 58.0 Å². The molecule has 2 atom stereocenters. The topological polar surface area (TPSA) is 64.6 Å². The van der Waals surface area contributed by atoms with Crippen LogP contribution in [0.5, 0.6) is 0 Å². The molecule has 2 aliphatic carbocycles. The van der Waals surface area contributed by atoms with Gasteiger partial charge in [0.2, 0.25) is 10.0 Å².